The number of carboxylic acids is 1. The second-order valence-electron chi connectivity index (χ2n) is 4.48. The van der Waals surface area contributed by atoms with Gasteiger partial charge in [-0.1, -0.05) is 23.7 Å². The average Bonchev–Trinajstić information content (AvgIpc) is 2.40. The van der Waals surface area contributed by atoms with Crippen molar-refractivity contribution >= 4 is 23.5 Å². The topological polar surface area (TPSA) is 66.3 Å². The molecule has 2 aromatic rings. The maximum Gasteiger partial charge on any atom is 0.354 e. The van der Waals surface area contributed by atoms with Crippen molar-refractivity contribution in [3.8, 4) is 0 Å². The lowest BCUT2D eigenvalue weighted by atomic mass is 10.2. The Hall–Kier alpha value is -2.14. The highest BCUT2D eigenvalue weighted by atomic mass is 35.5. The van der Waals surface area contributed by atoms with Crippen LogP contribution >= 0.6 is 11.6 Å². The van der Waals surface area contributed by atoms with Crippen LogP contribution in [-0.4, -0.2) is 28.1 Å². The van der Waals surface area contributed by atoms with E-state index in [1.54, 1.807) is 11.8 Å². The van der Waals surface area contributed by atoms with Gasteiger partial charge in [-0.2, -0.15) is 0 Å². The molecule has 0 unspecified atom stereocenters. The van der Waals surface area contributed by atoms with E-state index in [2.05, 4.69) is 9.97 Å². The van der Waals surface area contributed by atoms with Gasteiger partial charge in [0, 0.05) is 24.3 Å². The van der Waals surface area contributed by atoms with Gasteiger partial charge in [-0.3, -0.25) is 0 Å². The van der Waals surface area contributed by atoms with Gasteiger partial charge in [0.2, 0.25) is 5.95 Å². The van der Waals surface area contributed by atoms with E-state index in [9.17, 15) is 4.79 Å². The molecular formula is C14H14ClN3O2. The van der Waals surface area contributed by atoms with Gasteiger partial charge in [-0.15, -0.1) is 0 Å². The van der Waals surface area contributed by atoms with Crippen molar-refractivity contribution in [2.45, 2.75) is 13.5 Å². The lowest BCUT2D eigenvalue weighted by molar-refractivity contribution is 0.0690. The maximum atomic E-state index is 11.0. The van der Waals surface area contributed by atoms with Gasteiger partial charge in [0.15, 0.2) is 5.69 Å². The number of aromatic carboxylic acids is 1. The monoisotopic (exact) mass is 291 g/mol. The Balaban J connectivity index is 2.22. The minimum atomic E-state index is -1.06. The Morgan fingerprint density at radius 2 is 1.95 bits per heavy atom. The fourth-order valence-corrected chi connectivity index (χ4v) is 1.89. The van der Waals surface area contributed by atoms with E-state index < -0.39 is 5.97 Å². The highest BCUT2D eigenvalue weighted by Gasteiger charge is 2.12. The minimum absolute atomic E-state index is 0.00421. The first-order valence-electron chi connectivity index (χ1n) is 6.00. The van der Waals surface area contributed by atoms with Crippen molar-refractivity contribution < 1.29 is 9.90 Å². The molecule has 1 heterocycles. The maximum absolute atomic E-state index is 11.0. The molecule has 0 aliphatic rings. The summed E-state index contributed by atoms with van der Waals surface area (Å²) in [5.74, 6) is -0.672. The van der Waals surface area contributed by atoms with E-state index in [-0.39, 0.29) is 5.69 Å². The summed E-state index contributed by atoms with van der Waals surface area (Å²) in [5, 5.41) is 9.69. The molecule has 0 fully saturated rings. The van der Waals surface area contributed by atoms with Crippen molar-refractivity contribution in [3.05, 3.63) is 52.3 Å². The van der Waals surface area contributed by atoms with Crippen LogP contribution in [0.15, 0.2) is 30.3 Å². The Kier molecular flexibility index (Phi) is 4.20. The van der Waals surface area contributed by atoms with Gasteiger partial charge in [0.05, 0.1) is 0 Å². The van der Waals surface area contributed by atoms with Crippen LogP contribution in [0, 0.1) is 6.92 Å². The molecular weight excluding hydrogens is 278 g/mol. The number of hydrogen-bond acceptors (Lipinski definition) is 4. The summed E-state index contributed by atoms with van der Waals surface area (Å²) in [4.78, 5) is 21.1. The molecule has 0 radical (unpaired) electrons. The number of aryl methyl sites for hydroxylation is 1. The molecule has 0 saturated carbocycles. The van der Waals surface area contributed by atoms with Gasteiger partial charge in [0.1, 0.15) is 0 Å². The summed E-state index contributed by atoms with van der Waals surface area (Å²) < 4.78 is 0. The molecule has 0 bridgehead atoms. The summed E-state index contributed by atoms with van der Waals surface area (Å²) in [7, 11) is 1.81. The predicted molar refractivity (Wildman–Crippen MR) is 77.3 cm³/mol. The Labute approximate surface area is 121 Å². The van der Waals surface area contributed by atoms with Crippen molar-refractivity contribution in [1.29, 1.82) is 0 Å². The smallest absolute Gasteiger partial charge is 0.354 e. The highest BCUT2D eigenvalue weighted by Crippen LogP contribution is 2.14. The lowest BCUT2D eigenvalue weighted by Gasteiger charge is -2.17. The molecule has 0 atom stereocenters. The summed E-state index contributed by atoms with van der Waals surface area (Å²) in [6.45, 7) is 2.31. The average molecular weight is 292 g/mol. The van der Waals surface area contributed by atoms with Crippen LogP contribution in [0.2, 0.25) is 5.02 Å². The molecule has 0 aliphatic carbocycles. The van der Waals surface area contributed by atoms with Gasteiger partial charge >= 0.3 is 5.97 Å². The zero-order valence-electron chi connectivity index (χ0n) is 11.2. The molecule has 1 aromatic carbocycles. The van der Waals surface area contributed by atoms with Crippen LogP contribution in [0.5, 0.6) is 0 Å². The molecule has 0 saturated heterocycles. The van der Waals surface area contributed by atoms with E-state index in [4.69, 9.17) is 16.7 Å². The normalized spacial score (nSPS) is 10.3. The van der Waals surface area contributed by atoms with Crippen molar-refractivity contribution in [3.63, 3.8) is 0 Å². The van der Waals surface area contributed by atoms with Gasteiger partial charge in [-0.05, 0) is 30.7 Å². The Morgan fingerprint density at radius 1 is 1.30 bits per heavy atom. The number of benzene rings is 1. The Morgan fingerprint density at radius 3 is 2.55 bits per heavy atom. The number of nitrogens with zero attached hydrogens (tertiary/aromatic N) is 3. The number of rotatable bonds is 4. The molecule has 0 amide bonds. The van der Waals surface area contributed by atoms with Crippen LogP contribution in [-0.2, 0) is 6.54 Å². The lowest BCUT2D eigenvalue weighted by Crippen LogP contribution is -2.20. The summed E-state index contributed by atoms with van der Waals surface area (Å²) in [6.07, 6.45) is 0. The largest absolute Gasteiger partial charge is 0.477 e. The first-order valence-corrected chi connectivity index (χ1v) is 6.38. The SMILES string of the molecule is Cc1cc(C(=O)O)nc(N(C)Cc2ccc(Cl)cc2)n1. The number of anilines is 1. The van der Waals surface area contributed by atoms with E-state index >= 15 is 0 Å². The molecule has 20 heavy (non-hydrogen) atoms. The second-order valence-corrected chi connectivity index (χ2v) is 4.92. The second kappa shape index (κ2) is 5.88. The van der Waals surface area contributed by atoms with E-state index in [1.165, 1.54) is 6.07 Å². The molecule has 5 nitrogen and oxygen atoms in total. The standard InChI is InChI=1S/C14H14ClN3O2/c1-9-7-12(13(19)20)17-14(16-9)18(2)8-10-3-5-11(15)6-4-10/h3-7H,8H2,1-2H3,(H,19,20). The van der Waals surface area contributed by atoms with Crippen LogP contribution in [0.4, 0.5) is 5.95 Å². The molecule has 1 N–H and O–H groups in total. The van der Waals surface area contributed by atoms with Crippen LogP contribution in [0.3, 0.4) is 0 Å². The van der Waals surface area contributed by atoms with E-state index in [0.29, 0.717) is 23.2 Å². The fraction of sp³-hybridized carbons (Fsp3) is 0.214. The number of hydrogen-bond donors (Lipinski definition) is 1. The molecule has 1 aromatic heterocycles. The highest BCUT2D eigenvalue weighted by molar-refractivity contribution is 6.30. The molecule has 6 heteroatoms. The van der Waals surface area contributed by atoms with E-state index in [1.807, 2.05) is 31.3 Å². The predicted octanol–water partition coefficient (Wildman–Crippen LogP) is 2.77. The van der Waals surface area contributed by atoms with Gasteiger partial charge < -0.3 is 10.0 Å². The number of halogens is 1. The summed E-state index contributed by atoms with van der Waals surface area (Å²) in [6, 6.07) is 8.89. The molecule has 2 rings (SSSR count). The quantitative estimate of drug-likeness (QED) is 0.938. The van der Waals surface area contributed by atoms with Crippen molar-refractivity contribution in [2.24, 2.45) is 0 Å². The number of carboxylic acid groups (broad SMARTS) is 1. The molecule has 0 aliphatic heterocycles. The Bertz CT molecular complexity index is 629. The first kappa shape index (κ1) is 14.3. The first-order chi connectivity index (χ1) is 9.45. The molecule has 0 spiro atoms. The minimum Gasteiger partial charge on any atom is -0.477 e. The third-order valence-electron chi connectivity index (χ3n) is 2.74. The fourth-order valence-electron chi connectivity index (χ4n) is 1.77. The number of aromatic nitrogens is 2. The van der Waals surface area contributed by atoms with Gasteiger partial charge in [-0.25, -0.2) is 14.8 Å². The van der Waals surface area contributed by atoms with Crippen LogP contribution in [0.25, 0.3) is 0 Å². The third-order valence-corrected chi connectivity index (χ3v) is 2.99. The third kappa shape index (κ3) is 3.45. The zero-order chi connectivity index (χ0) is 14.7. The van der Waals surface area contributed by atoms with Crippen LogP contribution < -0.4 is 4.90 Å². The zero-order valence-corrected chi connectivity index (χ0v) is 11.9. The van der Waals surface area contributed by atoms with Crippen molar-refractivity contribution in [1.82, 2.24) is 9.97 Å². The summed E-state index contributed by atoms with van der Waals surface area (Å²) in [5.41, 5.74) is 1.66. The van der Waals surface area contributed by atoms with E-state index in [0.717, 1.165) is 5.56 Å². The van der Waals surface area contributed by atoms with Crippen LogP contribution in [0.1, 0.15) is 21.7 Å². The number of carbonyl (C=O) groups is 1. The summed E-state index contributed by atoms with van der Waals surface area (Å²) >= 11 is 5.84. The van der Waals surface area contributed by atoms with Gasteiger partial charge in [0.25, 0.3) is 0 Å². The molecule has 104 valence electrons. The van der Waals surface area contributed by atoms with Crippen molar-refractivity contribution in [2.75, 3.05) is 11.9 Å².